The lowest BCUT2D eigenvalue weighted by Crippen LogP contribution is -2.49. The predicted molar refractivity (Wildman–Crippen MR) is 115 cm³/mol. The van der Waals surface area contributed by atoms with Gasteiger partial charge in [-0.25, -0.2) is 4.68 Å². The van der Waals surface area contributed by atoms with Crippen LogP contribution in [0.2, 0.25) is 0 Å². The number of pyridine rings is 1. The first kappa shape index (κ1) is 18.9. The number of aromatic nitrogens is 3. The quantitative estimate of drug-likeness (QED) is 0.675. The van der Waals surface area contributed by atoms with Gasteiger partial charge in [0.1, 0.15) is 5.69 Å². The van der Waals surface area contributed by atoms with Crippen LogP contribution in [0.1, 0.15) is 54.0 Å². The summed E-state index contributed by atoms with van der Waals surface area (Å²) < 4.78 is 3.67. The van der Waals surface area contributed by atoms with Crippen molar-refractivity contribution in [3.63, 3.8) is 0 Å². The van der Waals surface area contributed by atoms with Crippen LogP contribution in [0.15, 0.2) is 59.4 Å². The third-order valence-electron chi connectivity index (χ3n) is 6.31. The maximum Gasteiger partial charge on any atom is 0.272 e. The van der Waals surface area contributed by atoms with Gasteiger partial charge in [-0.15, -0.1) is 0 Å². The summed E-state index contributed by atoms with van der Waals surface area (Å²) in [6.45, 7) is 6.17. The fourth-order valence-corrected chi connectivity index (χ4v) is 4.82. The van der Waals surface area contributed by atoms with Gasteiger partial charge < -0.3 is 9.47 Å². The Bertz CT molecular complexity index is 1150. The zero-order chi connectivity index (χ0) is 20.8. The highest BCUT2D eigenvalue weighted by molar-refractivity contribution is 5.93. The summed E-state index contributed by atoms with van der Waals surface area (Å²) >= 11 is 0. The molecule has 6 heteroatoms. The van der Waals surface area contributed by atoms with Crippen LogP contribution in [0, 0.1) is 5.92 Å². The van der Waals surface area contributed by atoms with Crippen molar-refractivity contribution in [3.8, 4) is 5.69 Å². The van der Waals surface area contributed by atoms with E-state index in [1.54, 1.807) is 10.7 Å². The molecular weight excluding hydrogens is 376 g/mol. The molecule has 1 aromatic carbocycles. The topological polar surface area (TPSA) is 60.1 Å². The monoisotopic (exact) mass is 402 g/mol. The van der Waals surface area contributed by atoms with E-state index in [1.807, 2.05) is 58.0 Å². The van der Waals surface area contributed by atoms with E-state index < -0.39 is 0 Å². The number of fused-ring (bicyclic) bond motifs is 4. The molecule has 6 nitrogen and oxygen atoms in total. The van der Waals surface area contributed by atoms with Crippen molar-refractivity contribution in [1.82, 2.24) is 19.2 Å². The van der Waals surface area contributed by atoms with E-state index in [0.29, 0.717) is 31.2 Å². The SMILES string of the molecule is CC(C)c1cc(C(=O)N2CC3C[C@H](C2)Cn2c3cccc2=O)n(-c2ccccc2)n1. The Kier molecular flexibility index (Phi) is 4.57. The number of carbonyl (C=O) groups excluding carboxylic acids is 1. The van der Waals surface area contributed by atoms with Crippen LogP contribution < -0.4 is 5.56 Å². The van der Waals surface area contributed by atoms with E-state index in [1.165, 1.54) is 0 Å². The molecule has 2 aromatic heterocycles. The van der Waals surface area contributed by atoms with Gasteiger partial charge in [-0.05, 0) is 42.5 Å². The molecule has 2 aliphatic heterocycles. The minimum atomic E-state index is 0.0136. The standard InChI is InChI=1S/C24H26N4O2/c1-16(2)20-12-22(28(25-20)19-7-4-3-5-8-19)24(30)26-13-17-11-18(15-26)21-9-6-10-23(29)27(21)14-17/h3-10,12,16-18H,11,13-15H2,1-2H3/t17-,18?/m1/s1. The maximum absolute atomic E-state index is 13.6. The molecule has 154 valence electrons. The minimum Gasteiger partial charge on any atom is -0.336 e. The first-order valence-corrected chi connectivity index (χ1v) is 10.7. The van der Waals surface area contributed by atoms with Crippen molar-refractivity contribution >= 4 is 5.91 Å². The lowest BCUT2D eigenvalue weighted by molar-refractivity contribution is 0.0585. The number of carbonyl (C=O) groups is 1. The molecule has 30 heavy (non-hydrogen) atoms. The molecule has 2 atom stereocenters. The molecule has 0 aliphatic carbocycles. The molecule has 0 spiro atoms. The third kappa shape index (κ3) is 3.16. The van der Waals surface area contributed by atoms with Crippen LogP contribution in [0.4, 0.5) is 0 Å². The number of rotatable bonds is 3. The average Bonchev–Trinajstić information content (AvgIpc) is 3.20. The molecule has 4 heterocycles. The van der Waals surface area contributed by atoms with Crippen LogP contribution in [-0.4, -0.2) is 38.2 Å². The summed E-state index contributed by atoms with van der Waals surface area (Å²) in [5.41, 5.74) is 3.52. The minimum absolute atomic E-state index is 0.0136. The lowest BCUT2D eigenvalue weighted by Gasteiger charge is -2.42. The van der Waals surface area contributed by atoms with E-state index in [4.69, 9.17) is 5.10 Å². The van der Waals surface area contributed by atoms with E-state index in [9.17, 15) is 9.59 Å². The molecule has 1 saturated heterocycles. The molecule has 2 aliphatic rings. The van der Waals surface area contributed by atoms with Crippen molar-refractivity contribution in [3.05, 3.63) is 82.0 Å². The van der Waals surface area contributed by atoms with Gasteiger partial charge in [0.15, 0.2) is 0 Å². The number of nitrogens with zero attached hydrogens (tertiary/aromatic N) is 4. The van der Waals surface area contributed by atoms with Gasteiger partial charge in [0.25, 0.3) is 11.5 Å². The highest BCUT2D eigenvalue weighted by atomic mass is 16.2. The second-order valence-corrected chi connectivity index (χ2v) is 8.76. The van der Waals surface area contributed by atoms with Gasteiger partial charge in [-0.2, -0.15) is 5.10 Å². The Morgan fingerprint density at radius 3 is 2.60 bits per heavy atom. The summed E-state index contributed by atoms with van der Waals surface area (Å²) in [6.07, 6.45) is 1.03. The highest BCUT2D eigenvalue weighted by Crippen LogP contribution is 2.35. The van der Waals surface area contributed by atoms with Crippen molar-refractivity contribution in [2.24, 2.45) is 5.92 Å². The molecule has 0 N–H and O–H groups in total. The third-order valence-corrected chi connectivity index (χ3v) is 6.31. The van der Waals surface area contributed by atoms with Gasteiger partial charge in [0.05, 0.1) is 11.4 Å². The molecule has 2 bridgehead atoms. The van der Waals surface area contributed by atoms with Gasteiger partial charge in [-0.1, -0.05) is 38.1 Å². The van der Waals surface area contributed by atoms with E-state index in [-0.39, 0.29) is 23.3 Å². The van der Waals surface area contributed by atoms with Crippen molar-refractivity contribution in [1.29, 1.82) is 0 Å². The van der Waals surface area contributed by atoms with E-state index in [0.717, 1.165) is 23.5 Å². The van der Waals surface area contributed by atoms with E-state index >= 15 is 0 Å². The lowest BCUT2D eigenvalue weighted by atomic mass is 9.83. The summed E-state index contributed by atoms with van der Waals surface area (Å²) in [7, 11) is 0. The molecule has 3 aromatic rings. The molecule has 0 radical (unpaired) electrons. The summed E-state index contributed by atoms with van der Waals surface area (Å²) in [4.78, 5) is 27.9. The average molecular weight is 402 g/mol. The van der Waals surface area contributed by atoms with Crippen molar-refractivity contribution in [2.75, 3.05) is 13.1 Å². The number of piperidine rings is 1. The van der Waals surface area contributed by atoms with E-state index in [2.05, 4.69) is 13.8 Å². The van der Waals surface area contributed by atoms with Crippen LogP contribution in [0.25, 0.3) is 5.69 Å². The fourth-order valence-electron chi connectivity index (χ4n) is 4.82. The van der Waals surface area contributed by atoms with Crippen molar-refractivity contribution in [2.45, 2.75) is 38.6 Å². The van der Waals surface area contributed by atoms with Gasteiger partial charge in [0.2, 0.25) is 0 Å². The predicted octanol–water partition coefficient (Wildman–Crippen LogP) is 3.42. The molecule has 1 unspecified atom stereocenters. The Labute approximate surface area is 175 Å². The summed E-state index contributed by atoms with van der Waals surface area (Å²) in [6, 6.07) is 17.2. The Morgan fingerprint density at radius 1 is 1.03 bits per heavy atom. The second-order valence-electron chi connectivity index (χ2n) is 8.76. The van der Waals surface area contributed by atoms with Crippen LogP contribution in [0.3, 0.4) is 0 Å². The second kappa shape index (κ2) is 7.27. The first-order valence-electron chi connectivity index (χ1n) is 10.7. The van der Waals surface area contributed by atoms with Gasteiger partial charge in [0, 0.05) is 37.3 Å². The van der Waals surface area contributed by atoms with Crippen LogP contribution >= 0.6 is 0 Å². The molecule has 5 rings (SSSR count). The first-order chi connectivity index (χ1) is 14.5. The number of hydrogen-bond donors (Lipinski definition) is 0. The normalized spacial score (nSPS) is 20.3. The number of para-hydroxylation sites is 1. The largest absolute Gasteiger partial charge is 0.336 e. The van der Waals surface area contributed by atoms with Crippen LogP contribution in [-0.2, 0) is 6.54 Å². The molecule has 1 fully saturated rings. The Morgan fingerprint density at radius 2 is 1.83 bits per heavy atom. The Hall–Kier alpha value is -3.15. The fraction of sp³-hybridized carbons (Fsp3) is 0.375. The number of amides is 1. The summed E-state index contributed by atoms with van der Waals surface area (Å²) in [5.74, 6) is 0.756. The maximum atomic E-state index is 13.6. The molecule has 1 amide bonds. The zero-order valence-corrected chi connectivity index (χ0v) is 17.4. The molecule has 0 saturated carbocycles. The smallest absolute Gasteiger partial charge is 0.272 e. The Balaban J connectivity index is 1.50. The zero-order valence-electron chi connectivity index (χ0n) is 17.4. The number of hydrogen-bond acceptors (Lipinski definition) is 3. The van der Waals surface area contributed by atoms with Crippen LogP contribution in [0.5, 0.6) is 0 Å². The van der Waals surface area contributed by atoms with Gasteiger partial charge >= 0.3 is 0 Å². The molecular formula is C24H26N4O2. The number of likely N-dealkylation sites (tertiary alicyclic amines) is 1. The van der Waals surface area contributed by atoms with Crippen molar-refractivity contribution < 1.29 is 4.79 Å². The highest BCUT2D eigenvalue weighted by Gasteiger charge is 2.37. The van der Waals surface area contributed by atoms with Gasteiger partial charge in [-0.3, -0.25) is 9.59 Å². The number of benzene rings is 1. The summed E-state index contributed by atoms with van der Waals surface area (Å²) in [5, 5.41) is 4.74.